The highest BCUT2D eigenvalue weighted by Gasteiger charge is 2.16. The van der Waals surface area contributed by atoms with Crippen LogP contribution in [0, 0.1) is 0 Å². The monoisotopic (exact) mass is 826 g/mol. The summed E-state index contributed by atoms with van der Waals surface area (Å²) in [5.41, 5.74) is 0. The van der Waals surface area contributed by atoms with E-state index in [1.54, 1.807) is 12.0 Å². The minimum Gasteiger partial charge on any atom is -0.463 e. The molecule has 0 aliphatic heterocycles. The number of hydrogen-bond acceptors (Lipinski definition) is 7. The van der Waals surface area contributed by atoms with Gasteiger partial charge in [0.15, 0.2) is 0 Å². The Morgan fingerprint density at radius 3 is 1.24 bits per heavy atom. The molecule has 0 aromatic carbocycles. The molecular weight excluding hydrogens is 727 g/mol. The van der Waals surface area contributed by atoms with Crippen molar-refractivity contribution in [3.63, 3.8) is 0 Å². The van der Waals surface area contributed by atoms with Gasteiger partial charge in [0, 0.05) is 46.9 Å². The zero-order valence-electron chi connectivity index (χ0n) is 39.3. The van der Waals surface area contributed by atoms with Crippen molar-refractivity contribution in [3.8, 4) is 0 Å². The summed E-state index contributed by atoms with van der Waals surface area (Å²) in [6, 6.07) is 0. The van der Waals surface area contributed by atoms with Crippen LogP contribution in [0.1, 0.15) is 239 Å². The van der Waals surface area contributed by atoms with Crippen molar-refractivity contribution >= 4 is 11.9 Å². The van der Waals surface area contributed by atoms with Gasteiger partial charge in [-0.1, -0.05) is 206 Å². The van der Waals surface area contributed by atoms with Crippen molar-refractivity contribution < 1.29 is 33.3 Å². The van der Waals surface area contributed by atoms with E-state index in [2.05, 4.69) is 13.8 Å². The van der Waals surface area contributed by atoms with E-state index in [4.69, 9.17) is 23.7 Å². The lowest BCUT2D eigenvalue weighted by atomic mass is 10.0. The van der Waals surface area contributed by atoms with Crippen LogP contribution in [0.5, 0.6) is 0 Å². The van der Waals surface area contributed by atoms with Gasteiger partial charge in [-0.05, 0) is 19.3 Å². The molecule has 0 fully saturated rings. The standard InChI is InChI=1S/C50H99NO7/c1-5-7-9-11-13-15-17-19-21-23-25-27-29-31-33-35-41-56-46-49(47-58-50(53)38-40-51(48(3)52)39-37-42-55-45-44-54-4)57-43-36-34-32-30-28-26-24-22-20-18-16-14-12-10-8-6-2/h49H,5-47H2,1-4H3. The Morgan fingerprint density at radius 2 is 0.828 bits per heavy atom. The molecule has 0 aliphatic rings. The molecule has 0 aliphatic carbocycles. The van der Waals surface area contributed by atoms with Gasteiger partial charge < -0.3 is 28.6 Å². The topological polar surface area (TPSA) is 83.5 Å². The summed E-state index contributed by atoms with van der Waals surface area (Å²) >= 11 is 0. The summed E-state index contributed by atoms with van der Waals surface area (Å²) in [7, 11) is 1.64. The normalized spacial score (nSPS) is 12.0. The second-order valence-electron chi connectivity index (χ2n) is 17.1. The maximum atomic E-state index is 12.7. The predicted molar refractivity (Wildman–Crippen MR) is 245 cm³/mol. The Hall–Kier alpha value is -1.22. The number of unbranched alkanes of at least 4 members (excludes halogenated alkanes) is 30. The molecule has 0 radical (unpaired) electrons. The fourth-order valence-corrected chi connectivity index (χ4v) is 7.52. The Kier molecular flexibility index (Phi) is 47.4. The minimum absolute atomic E-state index is 0.0489. The second-order valence-corrected chi connectivity index (χ2v) is 17.1. The highest BCUT2D eigenvalue weighted by atomic mass is 16.6. The van der Waals surface area contributed by atoms with Gasteiger partial charge in [0.1, 0.15) is 12.7 Å². The number of rotatable bonds is 49. The van der Waals surface area contributed by atoms with E-state index in [0.29, 0.717) is 59.2 Å². The van der Waals surface area contributed by atoms with Crippen molar-refractivity contribution in [2.45, 2.75) is 245 Å². The summed E-state index contributed by atoms with van der Waals surface area (Å²) in [4.78, 5) is 26.5. The molecule has 1 atom stereocenters. The van der Waals surface area contributed by atoms with E-state index in [9.17, 15) is 9.59 Å². The molecule has 0 heterocycles. The minimum atomic E-state index is -0.309. The summed E-state index contributed by atoms with van der Waals surface area (Å²) in [5, 5.41) is 0. The molecule has 0 spiro atoms. The van der Waals surface area contributed by atoms with E-state index in [1.807, 2.05) is 0 Å². The zero-order chi connectivity index (χ0) is 42.3. The molecule has 0 saturated carbocycles. The van der Waals surface area contributed by atoms with E-state index in [-0.39, 0.29) is 31.0 Å². The molecule has 1 unspecified atom stereocenters. The number of amides is 1. The van der Waals surface area contributed by atoms with Gasteiger partial charge in [0.05, 0.1) is 26.2 Å². The fraction of sp³-hybridized carbons (Fsp3) is 0.960. The Labute approximate surface area is 360 Å². The van der Waals surface area contributed by atoms with Gasteiger partial charge in [-0.2, -0.15) is 0 Å². The molecular formula is C50H99NO7. The van der Waals surface area contributed by atoms with Crippen molar-refractivity contribution in [1.82, 2.24) is 4.90 Å². The third kappa shape index (κ3) is 44.3. The van der Waals surface area contributed by atoms with Crippen LogP contribution in [0.15, 0.2) is 0 Å². The summed E-state index contributed by atoms with van der Waals surface area (Å²) in [5.74, 6) is -0.358. The number of methoxy groups -OCH3 is 1. The van der Waals surface area contributed by atoms with E-state index < -0.39 is 0 Å². The van der Waals surface area contributed by atoms with Gasteiger partial charge >= 0.3 is 5.97 Å². The lowest BCUT2D eigenvalue weighted by molar-refractivity contribution is -0.150. The number of hydrogen-bond donors (Lipinski definition) is 0. The average Bonchev–Trinajstić information content (AvgIpc) is 3.22. The first-order valence-corrected chi connectivity index (χ1v) is 25.2. The number of ether oxygens (including phenoxy) is 5. The maximum absolute atomic E-state index is 12.7. The molecule has 0 aromatic rings. The van der Waals surface area contributed by atoms with Crippen LogP contribution in [0.2, 0.25) is 0 Å². The molecule has 1 amide bonds. The number of carbonyl (C=O) groups excluding carboxylic acids is 2. The second kappa shape index (κ2) is 48.4. The van der Waals surface area contributed by atoms with Crippen LogP contribution >= 0.6 is 0 Å². The molecule has 346 valence electrons. The summed E-state index contributed by atoms with van der Waals surface area (Å²) in [6.45, 7) is 10.6. The Balaban J connectivity index is 4.26. The first-order chi connectivity index (χ1) is 28.5. The van der Waals surface area contributed by atoms with E-state index in [0.717, 1.165) is 12.8 Å². The summed E-state index contributed by atoms with van der Waals surface area (Å²) < 4.78 is 28.4. The van der Waals surface area contributed by atoms with Crippen molar-refractivity contribution in [2.75, 3.05) is 66.4 Å². The molecule has 8 nitrogen and oxygen atoms in total. The molecule has 0 rings (SSSR count). The Bertz CT molecular complexity index is 828. The first-order valence-electron chi connectivity index (χ1n) is 25.2. The van der Waals surface area contributed by atoms with Crippen LogP contribution in [-0.2, 0) is 33.3 Å². The first kappa shape index (κ1) is 56.8. The van der Waals surface area contributed by atoms with Crippen LogP contribution in [0.4, 0.5) is 0 Å². The maximum Gasteiger partial charge on any atom is 0.307 e. The highest BCUT2D eigenvalue weighted by molar-refractivity contribution is 5.75. The lowest BCUT2D eigenvalue weighted by Crippen LogP contribution is -2.33. The van der Waals surface area contributed by atoms with Crippen LogP contribution in [0.3, 0.4) is 0 Å². The van der Waals surface area contributed by atoms with Crippen molar-refractivity contribution in [3.05, 3.63) is 0 Å². The van der Waals surface area contributed by atoms with Crippen molar-refractivity contribution in [1.29, 1.82) is 0 Å². The fourth-order valence-electron chi connectivity index (χ4n) is 7.52. The van der Waals surface area contributed by atoms with Gasteiger partial charge in [-0.25, -0.2) is 0 Å². The third-order valence-electron chi connectivity index (χ3n) is 11.4. The predicted octanol–water partition coefficient (Wildman–Crippen LogP) is 13.7. The van der Waals surface area contributed by atoms with Gasteiger partial charge in [0.2, 0.25) is 5.91 Å². The van der Waals surface area contributed by atoms with E-state index in [1.165, 1.54) is 200 Å². The third-order valence-corrected chi connectivity index (χ3v) is 11.4. The molecule has 58 heavy (non-hydrogen) atoms. The molecule has 0 aromatic heterocycles. The summed E-state index contributed by atoms with van der Waals surface area (Å²) in [6.07, 6.45) is 43.8. The van der Waals surface area contributed by atoms with Gasteiger partial charge in [0.25, 0.3) is 0 Å². The molecule has 0 N–H and O–H groups in total. The van der Waals surface area contributed by atoms with Crippen LogP contribution in [0.25, 0.3) is 0 Å². The van der Waals surface area contributed by atoms with E-state index >= 15 is 0 Å². The van der Waals surface area contributed by atoms with Crippen LogP contribution < -0.4 is 0 Å². The van der Waals surface area contributed by atoms with Crippen LogP contribution in [-0.4, -0.2) is 89.3 Å². The van der Waals surface area contributed by atoms with Crippen molar-refractivity contribution in [2.24, 2.45) is 0 Å². The molecule has 8 heteroatoms. The highest BCUT2D eigenvalue weighted by Crippen LogP contribution is 2.16. The van der Waals surface area contributed by atoms with Gasteiger partial charge in [-0.3, -0.25) is 9.59 Å². The van der Waals surface area contributed by atoms with Gasteiger partial charge in [-0.15, -0.1) is 0 Å². The number of carbonyl (C=O) groups is 2. The number of esters is 1. The average molecular weight is 826 g/mol. The largest absolute Gasteiger partial charge is 0.463 e. The lowest BCUT2D eigenvalue weighted by Gasteiger charge is -2.21. The Morgan fingerprint density at radius 1 is 0.431 bits per heavy atom. The quantitative estimate of drug-likeness (QED) is 0.0446. The molecule has 0 saturated heterocycles. The molecule has 0 bridgehead atoms. The zero-order valence-corrected chi connectivity index (χ0v) is 39.3. The number of nitrogens with zero attached hydrogens (tertiary/aromatic N) is 1. The smallest absolute Gasteiger partial charge is 0.307 e. The SMILES string of the molecule is CCCCCCCCCCCCCCCCCCOCC(COC(=O)CCN(CCCOCCOC)C(C)=O)OCCCCCCCCCCCCCCCCCC.